The van der Waals surface area contributed by atoms with Crippen molar-refractivity contribution in [3.05, 3.63) is 76.5 Å². The molecular weight excluding hydrogens is 372 g/mol. The zero-order valence-corrected chi connectivity index (χ0v) is 18.7. The van der Waals surface area contributed by atoms with E-state index in [1.165, 1.54) is 30.4 Å². The van der Waals surface area contributed by atoms with E-state index in [-0.39, 0.29) is 11.3 Å². The summed E-state index contributed by atoms with van der Waals surface area (Å²) in [5, 5.41) is 0. The van der Waals surface area contributed by atoms with Gasteiger partial charge >= 0.3 is 0 Å². The van der Waals surface area contributed by atoms with Gasteiger partial charge in [0.2, 0.25) is 0 Å². The third kappa shape index (κ3) is 6.12. The van der Waals surface area contributed by atoms with Gasteiger partial charge in [0, 0.05) is 11.3 Å². The highest BCUT2D eigenvalue weighted by atomic mass is 16.5. The lowest BCUT2D eigenvalue weighted by Crippen LogP contribution is -2.36. The Bertz CT molecular complexity index is 867. The Morgan fingerprint density at radius 2 is 1.53 bits per heavy atom. The van der Waals surface area contributed by atoms with Crippen LogP contribution in [0.4, 0.5) is 0 Å². The Labute approximate surface area is 180 Å². The highest BCUT2D eigenvalue weighted by molar-refractivity contribution is 5.93. The number of nitrogens with one attached hydrogen (secondary N) is 2. The molecule has 0 spiro atoms. The summed E-state index contributed by atoms with van der Waals surface area (Å²) >= 11 is 0. The second-order valence-corrected chi connectivity index (χ2v) is 9.13. The molecule has 0 saturated heterocycles. The maximum atomic E-state index is 12.4. The zero-order valence-electron chi connectivity index (χ0n) is 18.7. The second-order valence-electron chi connectivity index (χ2n) is 9.13. The Balaban J connectivity index is 1.50. The predicted octanol–water partition coefficient (Wildman–Crippen LogP) is 6.04. The lowest BCUT2D eigenvalue weighted by atomic mass is 9.87. The Hall–Kier alpha value is -2.75. The molecule has 3 rings (SSSR count). The molecule has 0 bridgehead atoms. The molecule has 4 nitrogen and oxygen atoms in total. The summed E-state index contributed by atoms with van der Waals surface area (Å²) in [6.45, 7) is 9.11. The first kappa shape index (κ1) is 21.9. The summed E-state index contributed by atoms with van der Waals surface area (Å²) in [7, 11) is 0. The second kappa shape index (κ2) is 9.84. The van der Waals surface area contributed by atoms with Gasteiger partial charge < -0.3 is 10.2 Å². The van der Waals surface area contributed by atoms with Crippen LogP contribution in [0.5, 0.6) is 5.75 Å². The van der Waals surface area contributed by atoms with E-state index < -0.39 is 0 Å². The molecule has 160 valence electrons. The Kier molecular flexibility index (Phi) is 7.20. The molecule has 0 heterocycles. The maximum absolute atomic E-state index is 12.4. The number of hydrogen-bond acceptors (Lipinski definition) is 3. The fourth-order valence-electron chi connectivity index (χ4n) is 3.63. The van der Waals surface area contributed by atoms with Crippen molar-refractivity contribution < 1.29 is 9.53 Å². The molecule has 1 amide bonds. The average Bonchev–Trinajstić information content (AvgIpc) is 2.76. The summed E-state index contributed by atoms with van der Waals surface area (Å²) < 4.78 is 5.89. The smallest absolute Gasteiger partial charge is 0.269 e. The van der Waals surface area contributed by atoms with E-state index in [0.717, 1.165) is 29.9 Å². The zero-order chi connectivity index (χ0) is 21.6. The topological polar surface area (TPSA) is 50.4 Å². The molecule has 2 aromatic carbocycles. The molecule has 0 radical (unpaired) electrons. The molecule has 1 saturated carbocycles. The number of rotatable bonds is 6. The van der Waals surface area contributed by atoms with Gasteiger partial charge in [0.15, 0.2) is 0 Å². The predicted molar refractivity (Wildman–Crippen MR) is 122 cm³/mol. The number of amides is 1. The summed E-state index contributed by atoms with van der Waals surface area (Å²) in [4.78, 5) is 12.4. The normalized spacial score (nSPS) is 14.2. The molecule has 4 heteroatoms. The van der Waals surface area contributed by atoms with Gasteiger partial charge in [0.05, 0.1) is 0 Å². The maximum Gasteiger partial charge on any atom is 0.269 e. The summed E-state index contributed by atoms with van der Waals surface area (Å²) in [5.74, 6) is 0.719. The highest BCUT2D eigenvalue weighted by Crippen LogP contribution is 2.25. The van der Waals surface area contributed by atoms with Gasteiger partial charge in [0.1, 0.15) is 12.4 Å². The van der Waals surface area contributed by atoms with E-state index in [0.29, 0.717) is 12.2 Å². The molecular formula is C26H34N2O2. The fourth-order valence-corrected chi connectivity index (χ4v) is 3.63. The van der Waals surface area contributed by atoms with Crippen molar-refractivity contribution in [3.8, 4) is 5.75 Å². The number of hydrazine groups is 1. The third-order valence-corrected chi connectivity index (χ3v) is 5.69. The first-order valence-corrected chi connectivity index (χ1v) is 10.9. The molecule has 1 aliphatic carbocycles. The summed E-state index contributed by atoms with van der Waals surface area (Å²) in [5.41, 5.74) is 11.5. The molecule has 0 aliphatic heterocycles. The van der Waals surface area contributed by atoms with Crippen LogP contribution in [0.25, 0.3) is 0 Å². The van der Waals surface area contributed by atoms with Crippen molar-refractivity contribution in [1.29, 1.82) is 0 Å². The van der Waals surface area contributed by atoms with Crippen LogP contribution in [-0.2, 0) is 12.0 Å². The van der Waals surface area contributed by atoms with Crippen molar-refractivity contribution >= 4 is 5.91 Å². The lowest BCUT2D eigenvalue weighted by molar-refractivity contribution is 0.0938. The summed E-state index contributed by atoms with van der Waals surface area (Å²) in [6, 6.07) is 15.8. The molecule has 1 aliphatic rings. The molecule has 2 aromatic rings. The first-order chi connectivity index (χ1) is 14.3. The van der Waals surface area contributed by atoms with Gasteiger partial charge in [-0.2, -0.15) is 0 Å². The van der Waals surface area contributed by atoms with Crippen molar-refractivity contribution in [2.75, 3.05) is 0 Å². The fraction of sp³-hybridized carbons (Fsp3) is 0.423. The van der Waals surface area contributed by atoms with Gasteiger partial charge in [-0.15, -0.1) is 0 Å². The van der Waals surface area contributed by atoms with Gasteiger partial charge in [-0.05, 0) is 79.0 Å². The van der Waals surface area contributed by atoms with Crippen LogP contribution in [0.2, 0.25) is 0 Å². The van der Waals surface area contributed by atoms with E-state index in [4.69, 9.17) is 4.74 Å². The van der Waals surface area contributed by atoms with E-state index in [2.05, 4.69) is 43.8 Å². The van der Waals surface area contributed by atoms with Crippen LogP contribution in [-0.4, -0.2) is 5.91 Å². The monoisotopic (exact) mass is 406 g/mol. The van der Waals surface area contributed by atoms with E-state index >= 15 is 0 Å². The van der Waals surface area contributed by atoms with Crippen molar-refractivity contribution in [3.63, 3.8) is 0 Å². The lowest BCUT2D eigenvalue weighted by Gasteiger charge is -2.19. The largest absolute Gasteiger partial charge is 0.489 e. The number of ether oxygens (including phenoxy) is 1. The number of allylic oxidation sites excluding steroid dienone is 2. The van der Waals surface area contributed by atoms with E-state index in [9.17, 15) is 4.79 Å². The Morgan fingerprint density at radius 3 is 2.13 bits per heavy atom. The van der Waals surface area contributed by atoms with Gasteiger partial charge in [-0.1, -0.05) is 51.5 Å². The van der Waals surface area contributed by atoms with Crippen LogP contribution in [0.1, 0.15) is 81.3 Å². The number of carbonyl (C=O) groups excluding carboxylic acids is 1. The van der Waals surface area contributed by atoms with Crippen LogP contribution < -0.4 is 15.6 Å². The first-order valence-electron chi connectivity index (χ1n) is 10.9. The number of carbonyl (C=O) groups is 1. The highest BCUT2D eigenvalue weighted by Gasteiger charge is 2.13. The van der Waals surface area contributed by atoms with Gasteiger partial charge in [-0.25, -0.2) is 0 Å². The van der Waals surface area contributed by atoms with Crippen LogP contribution in [0, 0.1) is 0 Å². The van der Waals surface area contributed by atoms with Crippen molar-refractivity contribution in [2.45, 2.75) is 71.8 Å². The molecule has 30 heavy (non-hydrogen) atoms. The minimum absolute atomic E-state index is 0.129. The quantitative estimate of drug-likeness (QED) is 0.575. The molecule has 0 atom stereocenters. The summed E-state index contributed by atoms with van der Waals surface area (Å²) in [6.07, 6.45) is 6.05. The van der Waals surface area contributed by atoms with E-state index in [1.54, 1.807) is 0 Å². The van der Waals surface area contributed by atoms with E-state index in [1.807, 2.05) is 43.3 Å². The minimum Gasteiger partial charge on any atom is -0.489 e. The molecule has 1 fully saturated rings. The SMILES string of the molecule is CC(NNC(=O)c1ccc(COc2ccc(C(C)(C)C)cc2)cc1)=C1CCCCC1. The molecule has 2 N–H and O–H groups in total. The van der Waals surface area contributed by atoms with Crippen molar-refractivity contribution in [2.24, 2.45) is 0 Å². The van der Waals surface area contributed by atoms with Crippen LogP contribution in [0.3, 0.4) is 0 Å². The standard InChI is InChI=1S/C26H34N2O2/c1-19(21-8-6-5-7-9-21)27-28-25(29)22-12-10-20(11-13-22)18-30-24-16-14-23(15-17-24)26(2,3)4/h10-17,27H,5-9,18H2,1-4H3,(H,28,29). The van der Waals surface area contributed by atoms with Crippen LogP contribution >= 0.6 is 0 Å². The number of hydrogen-bond donors (Lipinski definition) is 2. The average molecular weight is 407 g/mol. The third-order valence-electron chi connectivity index (χ3n) is 5.69. The Morgan fingerprint density at radius 1 is 0.900 bits per heavy atom. The molecule has 0 unspecified atom stereocenters. The number of benzene rings is 2. The van der Waals surface area contributed by atoms with Gasteiger partial charge in [-0.3, -0.25) is 10.2 Å². The van der Waals surface area contributed by atoms with Gasteiger partial charge in [0.25, 0.3) is 5.91 Å². The van der Waals surface area contributed by atoms with Crippen LogP contribution in [0.15, 0.2) is 59.8 Å². The molecule has 0 aromatic heterocycles. The minimum atomic E-state index is -0.129. The van der Waals surface area contributed by atoms with Crippen molar-refractivity contribution in [1.82, 2.24) is 10.9 Å².